The molecule has 0 aliphatic heterocycles. The first-order valence-corrected chi connectivity index (χ1v) is 5.33. The van der Waals surface area contributed by atoms with Gasteiger partial charge in [-0.25, -0.2) is 9.97 Å². The number of methoxy groups -OCH3 is 1. The summed E-state index contributed by atoms with van der Waals surface area (Å²) >= 11 is 3.32. The Balaban J connectivity index is 2.69. The number of aliphatic hydroxyl groups is 1. The van der Waals surface area contributed by atoms with Crippen molar-refractivity contribution in [2.24, 2.45) is 0 Å². The summed E-state index contributed by atoms with van der Waals surface area (Å²) in [5, 5.41) is 12.6. The molecule has 0 saturated heterocycles. The fraction of sp³-hybridized carbons (Fsp3) is 0.556. The smallest absolute Gasteiger partial charge is 0.144 e. The number of rotatable bonds is 5. The quantitative estimate of drug-likeness (QED) is 0.841. The molecule has 2 N–H and O–H groups in total. The van der Waals surface area contributed by atoms with E-state index in [0.717, 1.165) is 4.47 Å². The maximum absolute atomic E-state index is 9.49. The molecule has 0 aromatic carbocycles. The van der Waals surface area contributed by atoms with Gasteiger partial charge in [0.05, 0.1) is 23.2 Å². The second kappa shape index (κ2) is 5.99. The third-order valence-corrected chi connectivity index (χ3v) is 2.50. The van der Waals surface area contributed by atoms with Gasteiger partial charge in [-0.3, -0.25) is 0 Å². The maximum Gasteiger partial charge on any atom is 0.144 e. The van der Waals surface area contributed by atoms with Crippen LogP contribution < -0.4 is 5.32 Å². The summed E-state index contributed by atoms with van der Waals surface area (Å²) in [7, 11) is 1.59. The number of aromatic nitrogens is 2. The SMILES string of the molecule is COC[C@@H](Nc1ncncc1Br)[C@@H](C)O. The van der Waals surface area contributed by atoms with E-state index < -0.39 is 6.10 Å². The van der Waals surface area contributed by atoms with Gasteiger partial charge in [0.25, 0.3) is 0 Å². The van der Waals surface area contributed by atoms with Crippen molar-refractivity contribution >= 4 is 21.7 Å². The van der Waals surface area contributed by atoms with Crippen molar-refractivity contribution in [3.8, 4) is 0 Å². The molecule has 1 rings (SSSR count). The summed E-state index contributed by atoms with van der Waals surface area (Å²) in [5.74, 6) is 0.646. The van der Waals surface area contributed by atoms with Crippen LogP contribution in [-0.2, 0) is 4.74 Å². The van der Waals surface area contributed by atoms with Crippen molar-refractivity contribution in [2.45, 2.75) is 19.1 Å². The van der Waals surface area contributed by atoms with Gasteiger partial charge >= 0.3 is 0 Å². The van der Waals surface area contributed by atoms with Crippen LogP contribution in [0.1, 0.15) is 6.92 Å². The first-order chi connectivity index (χ1) is 7.15. The highest BCUT2D eigenvalue weighted by atomic mass is 79.9. The number of nitrogens with zero attached hydrogens (tertiary/aromatic N) is 2. The Morgan fingerprint density at radius 1 is 1.67 bits per heavy atom. The van der Waals surface area contributed by atoms with Gasteiger partial charge in [-0.05, 0) is 22.9 Å². The number of hydrogen-bond donors (Lipinski definition) is 2. The molecule has 0 unspecified atom stereocenters. The first-order valence-electron chi connectivity index (χ1n) is 4.54. The molecule has 0 saturated carbocycles. The molecule has 0 aliphatic carbocycles. The highest BCUT2D eigenvalue weighted by molar-refractivity contribution is 9.10. The number of aliphatic hydroxyl groups excluding tert-OH is 1. The van der Waals surface area contributed by atoms with Crippen molar-refractivity contribution in [3.05, 3.63) is 17.0 Å². The summed E-state index contributed by atoms with van der Waals surface area (Å²) in [6.07, 6.45) is 2.56. The van der Waals surface area contributed by atoms with Gasteiger partial charge in [0.15, 0.2) is 0 Å². The van der Waals surface area contributed by atoms with Crippen LogP contribution in [0.2, 0.25) is 0 Å². The fourth-order valence-corrected chi connectivity index (χ4v) is 1.41. The third-order valence-electron chi connectivity index (χ3n) is 1.92. The van der Waals surface area contributed by atoms with Crippen LogP contribution in [0.3, 0.4) is 0 Å². The Kier molecular flexibility index (Phi) is 4.93. The largest absolute Gasteiger partial charge is 0.391 e. The molecular formula is C9H14BrN3O2. The van der Waals surface area contributed by atoms with Crippen molar-refractivity contribution in [3.63, 3.8) is 0 Å². The maximum atomic E-state index is 9.49. The predicted molar refractivity (Wildman–Crippen MR) is 60.7 cm³/mol. The van der Waals surface area contributed by atoms with E-state index in [1.807, 2.05) is 0 Å². The van der Waals surface area contributed by atoms with Gasteiger partial charge in [-0.1, -0.05) is 0 Å². The van der Waals surface area contributed by atoms with E-state index in [4.69, 9.17) is 4.74 Å². The molecule has 6 heteroatoms. The van der Waals surface area contributed by atoms with Crippen molar-refractivity contribution in [2.75, 3.05) is 19.0 Å². The highest BCUT2D eigenvalue weighted by Crippen LogP contribution is 2.18. The van der Waals surface area contributed by atoms with E-state index in [-0.39, 0.29) is 6.04 Å². The summed E-state index contributed by atoms with van der Waals surface area (Å²) in [6.45, 7) is 2.11. The van der Waals surface area contributed by atoms with Crippen LogP contribution >= 0.6 is 15.9 Å². The van der Waals surface area contributed by atoms with Crippen LogP contribution in [0.4, 0.5) is 5.82 Å². The average molecular weight is 276 g/mol. The topological polar surface area (TPSA) is 67.3 Å². The highest BCUT2D eigenvalue weighted by Gasteiger charge is 2.16. The van der Waals surface area contributed by atoms with E-state index in [1.54, 1.807) is 20.2 Å². The Hall–Kier alpha value is -0.720. The lowest BCUT2D eigenvalue weighted by molar-refractivity contribution is 0.106. The lowest BCUT2D eigenvalue weighted by Crippen LogP contribution is -2.36. The fourth-order valence-electron chi connectivity index (χ4n) is 1.08. The van der Waals surface area contributed by atoms with Gasteiger partial charge in [0.1, 0.15) is 12.1 Å². The van der Waals surface area contributed by atoms with Crippen LogP contribution in [0, 0.1) is 0 Å². The first kappa shape index (κ1) is 12.4. The Morgan fingerprint density at radius 3 is 2.93 bits per heavy atom. The van der Waals surface area contributed by atoms with Crippen LogP contribution in [0.15, 0.2) is 17.0 Å². The summed E-state index contributed by atoms with van der Waals surface area (Å²) < 4.78 is 5.75. The average Bonchev–Trinajstić information content (AvgIpc) is 2.20. The molecule has 5 nitrogen and oxygen atoms in total. The summed E-state index contributed by atoms with van der Waals surface area (Å²) in [5.41, 5.74) is 0. The summed E-state index contributed by atoms with van der Waals surface area (Å²) in [6, 6.07) is -0.193. The number of anilines is 1. The van der Waals surface area contributed by atoms with E-state index >= 15 is 0 Å². The Labute approximate surface area is 97.0 Å². The minimum atomic E-state index is -0.521. The van der Waals surface area contributed by atoms with E-state index in [9.17, 15) is 5.11 Å². The van der Waals surface area contributed by atoms with E-state index in [0.29, 0.717) is 12.4 Å². The monoisotopic (exact) mass is 275 g/mol. The molecule has 0 spiro atoms. The van der Waals surface area contributed by atoms with E-state index in [2.05, 4.69) is 31.2 Å². The molecule has 2 atom stereocenters. The number of hydrogen-bond acceptors (Lipinski definition) is 5. The minimum absolute atomic E-state index is 0.193. The molecule has 84 valence electrons. The molecule has 0 bridgehead atoms. The molecule has 0 fully saturated rings. The second-order valence-electron chi connectivity index (χ2n) is 3.17. The van der Waals surface area contributed by atoms with Crippen LogP contribution in [-0.4, -0.2) is 40.9 Å². The molecule has 0 radical (unpaired) electrons. The lowest BCUT2D eigenvalue weighted by atomic mass is 10.2. The predicted octanol–water partition coefficient (Wildman–Crippen LogP) is 1.05. The number of halogens is 1. The Bertz CT molecular complexity index is 309. The molecule has 1 heterocycles. The van der Waals surface area contributed by atoms with Crippen molar-refractivity contribution in [1.29, 1.82) is 0 Å². The van der Waals surface area contributed by atoms with Crippen LogP contribution in [0.5, 0.6) is 0 Å². The number of nitrogens with one attached hydrogen (secondary N) is 1. The number of ether oxygens (including phenoxy) is 1. The zero-order valence-electron chi connectivity index (χ0n) is 8.64. The third kappa shape index (κ3) is 3.73. The van der Waals surface area contributed by atoms with Gasteiger partial charge in [0.2, 0.25) is 0 Å². The normalized spacial score (nSPS) is 14.7. The molecule has 0 aliphatic rings. The molecule has 1 aromatic heterocycles. The van der Waals surface area contributed by atoms with Crippen LogP contribution in [0.25, 0.3) is 0 Å². The molecule has 15 heavy (non-hydrogen) atoms. The van der Waals surface area contributed by atoms with Gasteiger partial charge < -0.3 is 15.2 Å². The van der Waals surface area contributed by atoms with E-state index in [1.165, 1.54) is 6.33 Å². The van der Waals surface area contributed by atoms with Gasteiger partial charge in [-0.15, -0.1) is 0 Å². The van der Waals surface area contributed by atoms with Crippen molar-refractivity contribution in [1.82, 2.24) is 9.97 Å². The molecule has 0 amide bonds. The zero-order chi connectivity index (χ0) is 11.3. The zero-order valence-corrected chi connectivity index (χ0v) is 10.2. The lowest BCUT2D eigenvalue weighted by Gasteiger charge is -2.21. The second-order valence-corrected chi connectivity index (χ2v) is 4.02. The standard InChI is InChI=1S/C9H14BrN3O2/c1-6(14)8(4-15-2)13-9-7(10)3-11-5-12-9/h3,5-6,8,14H,4H2,1-2H3,(H,11,12,13)/t6-,8-/m1/s1. The Morgan fingerprint density at radius 2 is 2.40 bits per heavy atom. The van der Waals surface area contributed by atoms with Crippen molar-refractivity contribution < 1.29 is 9.84 Å². The van der Waals surface area contributed by atoms with Gasteiger partial charge in [-0.2, -0.15) is 0 Å². The van der Waals surface area contributed by atoms with Gasteiger partial charge in [0, 0.05) is 13.3 Å². The molecular weight excluding hydrogens is 262 g/mol. The minimum Gasteiger partial charge on any atom is -0.391 e. The summed E-state index contributed by atoms with van der Waals surface area (Å²) in [4.78, 5) is 7.90. The molecule has 1 aromatic rings.